The average Bonchev–Trinajstić information content (AvgIpc) is 2.77. The Morgan fingerprint density at radius 1 is 0.467 bits per heavy atom. The highest BCUT2D eigenvalue weighted by molar-refractivity contribution is 5.93. The van der Waals surface area contributed by atoms with Crippen LogP contribution in [0.2, 0.25) is 0 Å². The van der Waals surface area contributed by atoms with Gasteiger partial charge in [0.2, 0.25) is 0 Å². The molecular formula is C22H32O8. The Bertz CT molecular complexity index is 635. The van der Waals surface area contributed by atoms with E-state index in [0.29, 0.717) is 66.1 Å². The maximum atomic E-state index is 8.63. The lowest BCUT2D eigenvalue weighted by atomic mass is 10.1. The fourth-order valence-corrected chi connectivity index (χ4v) is 2.70. The molecule has 2 aromatic carbocycles. The Kier molecular flexibility index (Phi) is 12.8. The molecule has 0 saturated carbocycles. The lowest BCUT2D eigenvalue weighted by Crippen LogP contribution is -2.12. The van der Waals surface area contributed by atoms with Crippen LogP contribution in [0.3, 0.4) is 0 Å². The Morgan fingerprint density at radius 3 is 1.23 bits per heavy atom. The Hall–Kier alpha value is -1.94. The summed E-state index contributed by atoms with van der Waals surface area (Å²) >= 11 is 0. The Morgan fingerprint density at radius 2 is 0.833 bits per heavy atom. The van der Waals surface area contributed by atoms with Crippen molar-refractivity contribution in [3.05, 3.63) is 36.4 Å². The predicted molar refractivity (Wildman–Crippen MR) is 112 cm³/mol. The maximum absolute atomic E-state index is 8.63. The quantitative estimate of drug-likeness (QED) is 0.349. The minimum Gasteiger partial charge on any atom is -0.491 e. The smallest absolute Gasteiger partial charge is 0.127 e. The van der Waals surface area contributed by atoms with Crippen LogP contribution >= 0.6 is 0 Å². The van der Waals surface area contributed by atoms with E-state index in [-0.39, 0.29) is 13.2 Å². The first-order valence-electron chi connectivity index (χ1n) is 10.2. The number of fused-ring (bicyclic) bond motifs is 1. The van der Waals surface area contributed by atoms with Gasteiger partial charge in [0.05, 0.1) is 66.1 Å². The van der Waals surface area contributed by atoms with E-state index in [4.69, 9.17) is 38.6 Å². The number of hydrogen-bond donors (Lipinski definition) is 2. The molecule has 0 aromatic heterocycles. The minimum absolute atomic E-state index is 0.0172. The van der Waals surface area contributed by atoms with E-state index < -0.39 is 0 Å². The van der Waals surface area contributed by atoms with Crippen molar-refractivity contribution in [3.63, 3.8) is 0 Å². The Labute approximate surface area is 177 Å². The van der Waals surface area contributed by atoms with Crippen LogP contribution in [-0.2, 0) is 18.9 Å². The highest BCUT2D eigenvalue weighted by Crippen LogP contribution is 2.32. The molecule has 8 heteroatoms. The van der Waals surface area contributed by atoms with Crippen LogP contribution in [0.1, 0.15) is 0 Å². The summed E-state index contributed by atoms with van der Waals surface area (Å²) in [6, 6.07) is 11.7. The summed E-state index contributed by atoms with van der Waals surface area (Å²) in [5, 5.41) is 19.2. The number of benzene rings is 2. The van der Waals surface area contributed by atoms with Gasteiger partial charge in [-0.3, -0.25) is 0 Å². The van der Waals surface area contributed by atoms with Gasteiger partial charge in [-0.25, -0.2) is 0 Å². The van der Waals surface area contributed by atoms with E-state index >= 15 is 0 Å². The van der Waals surface area contributed by atoms with Crippen LogP contribution < -0.4 is 9.47 Å². The van der Waals surface area contributed by atoms with Gasteiger partial charge in [0.25, 0.3) is 0 Å². The summed E-state index contributed by atoms with van der Waals surface area (Å²) in [7, 11) is 0. The van der Waals surface area contributed by atoms with Crippen molar-refractivity contribution in [1.82, 2.24) is 0 Å². The van der Waals surface area contributed by atoms with Crippen LogP contribution in [0.25, 0.3) is 10.8 Å². The SMILES string of the molecule is OCCOCCOCCOc1cccc2c(OCCOCCOCCO)cccc12. The molecule has 0 fully saturated rings. The molecule has 0 atom stereocenters. The molecule has 2 N–H and O–H groups in total. The zero-order valence-electron chi connectivity index (χ0n) is 17.3. The van der Waals surface area contributed by atoms with Gasteiger partial charge in [-0.2, -0.15) is 0 Å². The molecule has 0 aliphatic heterocycles. The van der Waals surface area contributed by atoms with Crippen molar-refractivity contribution >= 4 is 10.8 Å². The highest BCUT2D eigenvalue weighted by Gasteiger charge is 2.07. The Balaban J connectivity index is 1.74. The van der Waals surface area contributed by atoms with E-state index in [1.807, 2.05) is 36.4 Å². The number of hydrogen-bond acceptors (Lipinski definition) is 8. The van der Waals surface area contributed by atoms with Crippen molar-refractivity contribution in [1.29, 1.82) is 0 Å². The molecule has 0 bridgehead atoms. The van der Waals surface area contributed by atoms with Gasteiger partial charge in [0.1, 0.15) is 24.7 Å². The van der Waals surface area contributed by atoms with Crippen molar-refractivity contribution in [2.75, 3.05) is 79.3 Å². The van der Waals surface area contributed by atoms with E-state index in [9.17, 15) is 0 Å². The van der Waals surface area contributed by atoms with Gasteiger partial charge in [-0.15, -0.1) is 0 Å². The summed E-state index contributed by atoms with van der Waals surface area (Å²) in [5.41, 5.74) is 0. The van der Waals surface area contributed by atoms with Crippen LogP contribution in [0, 0.1) is 0 Å². The maximum Gasteiger partial charge on any atom is 0.127 e. The van der Waals surface area contributed by atoms with Gasteiger partial charge in [0, 0.05) is 10.8 Å². The molecule has 0 saturated heterocycles. The second kappa shape index (κ2) is 15.8. The van der Waals surface area contributed by atoms with Crippen LogP contribution in [-0.4, -0.2) is 89.5 Å². The zero-order valence-corrected chi connectivity index (χ0v) is 17.3. The number of ether oxygens (including phenoxy) is 6. The van der Waals surface area contributed by atoms with E-state index in [1.54, 1.807) is 0 Å². The third kappa shape index (κ3) is 9.25. The van der Waals surface area contributed by atoms with Gasteiger partial charge < -0.3 is 38.6 Å². The molecule has 0 aliphatic rings. The summed E-state index contributed by atoms with van der Waals surface area (Å²) in [6.07, 6.45) is 0. The molecule has 8 nitrogen and oxygen atoms in total. The first-order chi connectivity index (χ1) is 14.9. The largest absolute Gasteiger partial charge is 0.491 e. The van der Waals surface area contributed by atoms with Gasteiger partial charge >= 0.3 is 0 Å². The lowest BCUT2D eigenvalue weighted by molar-refractivity contribution is 0.0247. The fraction of sp³-hybridized carbons (Fsp3) is 0.545. The third-order valence-corrected chi connectivity index (χ3v) is 4.03. The molecule has 2 rings (SSSR count). The summed E-state index contributed by atoms with van der Waals surface area (Å²) in [5.74, 6) is 1.55. The van der Waals surface area contributed by atoms with E-state index in [1.165, 1.54) is 0 Å². The molecule has 0 amide bonds. The highest BCUT2D eigenvalue weighted by atomic mass is 16.6. The zero-order chi connectivity index (χ0) is 21.3. The summed E-state index contributed by atoms with van der Waals surface area (Å²) in [4.78, 5) is 0. The molecular weight excluding hydrogens is 392 g/mol. The summed E-state index contributed by atoms with van der Waals surface area (Å²) in [6.45, 7) is 4.28. The van der Waals surface area contributed by atoms with E-state index in [0.717, 1.165) is 22.3 Å². The number of rotatable bonds is 18. The van der Waals surface area contributed by atoms with Crippen LogP contribution in [0.4, 0.5) is 0 Å². The van der Waals surface area contributed by atoms with Gasteiger partial charge in [-0.1, -0.05) is 24.3 Å². The minimum atomic E-state index is 0.0172. The second-order valence-corrected chi connectivity index (χ2v) is 6.20. The second-order valence-electron chi connectivity index (χ2n) is 6.20. The van der Waals surface area contributed by atoms with Crippen molar-refractivity contribution in [3.8, 4) is 11.5 Å². The monoisotopic (exact) mass is 424 g/mol. The topological polar surface area (TPSA) is 95.8 Å². The number of aliphatic hydroxyl groups is 2. The molecule has 0 unspecified atom stereocenters. The first kappa shape index (κ1) is 24.3. The average molecular weight is 424 g/mol. The standard InChI is InChI=1S/C22H32O8/c23-7-9-25-11-13-27-15-17-29-21-5-1-3-19-20(21)4-2-6-22(19)30-18-16-28-14-12-26-10-8-24/h1-6,23-24H,7-18H2. The molecule has 0 aliphatic carbocycles. The molecule has 168 valence electrons. The first-order valence-corrected chi connectivity index (χ1v) is 10.2. The van der Waals surface area contributed by atoms with Crippen LogP contribution in [0.15, 0.2) is 36.4 Å². The lowest BCUT2D eigenvalue weighted by Gasteiger charge is -2.13. The van der Waals surface area contributed by atoms with Crippen LogP contribution in [0.5, 0.6) is 11.5 Å². The van der Waals surface area contributed by atoms with Gasteiger partial charge in [-0.05, 0) is 12.1 Å². The molecule has 0 radical (unpaired) electrons. The predicted octanol–water partition coefficient (Wildman–Crippen LogP) is 1.65. The van der Waals surface area contributed by atoms with Gasteiger partial charge in [0.15, 0.2) is 0 Å². The van der Waals surface area contributed by atoms with E-state index in [2.05, 4.69) is 0 Å². The summed E-state index contributed by atoms with van der Waals surface area (Å²) < 4.78 is 32.9. The number of aliphatic hydroxyl groups excluding tert-OH is 2. The molecule has 0 spiro atoms. The third-order valence-electron chi connectivity index (χ3n) is 4.03. The van der Waals surface area contributed by atoms with Crippen molar-refractivity contribution < 1.29 is 38.6 Å². The molecule has 30 heavy (non-hydrogen) atoms. The molecule has 2 aromatic rings. The van der Waals surface area contributed by atoms with Crippen molar-refractivity contribution in [2.45, 2.75) is 0 Å². The van der Waals surface area contributed by atoms with Crippen molar-refractivity contribution in [2.24, 2.45) is 0 Å². The fourth-order valence-electron chi connectivity index (χ4n) is 2.70. The normalized spacial score (nSPS) is 11.1. The molecule has 0 heterocycles.